The van der Waals surface area contributed by atoms with Crippen molar-refractivity contribution in [3.63, 3.8) is 0 Å². The number of hydrogen-bond donors (Lipinski definition) is 2. The maximum absolute atomic E-state index is 14.0. The zero-order valence-corrected chi connectivity index (χ0v) is 14.6. The fourth-order valence-corrected chi connectivity index (χ4v) is 2.85. The maximum atomic E-state index is 14.0. The highest BCUT2D eigenvalue weighted by atomic mass is 19.1. The first-order chi connectivity index (χ1) is 13.4. The average Bonchev–Trinajstić information content (AvgIpc) is 3.03. The van der Waals surface area contributed by atoms with Crippen molar-refractivity contribution in [1.82, 2.24) is 9.78 Å². The number of fused-ring (bicyclic) bond motifs is 1. The van der Waals surface area contributed by atoms with Crippen LogP contribution in [0.5, 0.6) is 5.75 Å². The monoisotopic (exact) mass is 384 g/mol. The van der Waals surface area contributed by atoms with Crippen molar-refractivity contribution in [3.05, 3.63) is 65.5 Å². The molecule has 1 aromatic heterocycles. The summed E-state index contributed by atoms with van der Waals surface area (Å²) in [6.45, 7) is 1.50. The van der Waals surface area contributed by atoms with Crippen LogP contribution in [-0.2, 0) is 4.79 Å². The van der Waals surface area contributed by atoms with Gasteiger partial charge in [-0.05, 0) is 31.2 Å². The topological polar surface area (TPSA) is 85.2 Å². The Labute approximate surface area is 157 Å². The zero-order chi connectivity index (χ0) is 19.8. The van der Waals surface area contributed by atoms with E-state index < -0.39 is 17.5 Å². The van der Waals surface area contributed by atoms with Crippen LogP contribution in [0.1, 0.15) is 16.1 Å². The molecule has 0 aliphatic carbocycles. The molecule has 2 heterocycles. The number of ether oxygens (including phenoxy) is 1. The molecule has 4 rings (SSSR count). The van der Waals surface area contributed by atoms with E-state index in [1.54, 1.807) is 25.1 Å². The Balaban J connectivity index is 1.60. The number of benzene rings is 2. The molecule has 7 nitrogen and oxygen atoms in total. The Morgan fingerprint density at radius 3 is 2.75 bits per heavy atom. The molecule has 0 fully saturated rings. The number of nitrogens with zero attached hydrogens (tertiary/aromatic N) is 2. The average molecular weight is 384 g/mol. The van der Waals surface area contributed by atoms with Crippen molar-refractivity contribution in [3.8, 4) is 11.4 Å². The van der Waals surface area contributed by atoms with Crippen LogP contribution in [0.3, 0.4) is 0 Å². The summed E-state index contributed by atoms with van der Waals surface area (Å²) in [7, 11) is 0. The number of anilines is 2. The molecule has 9 heteroatoms. The van der Waals surface area contributed by atoms with Gasteiger partial charge in [-0.3, -0.25) is 9.59 Å². The maximum Gasteiger partial charge on any atom is 0.276 e. The van der Waals surface area contributed by atoms with E-state index >= 15 is 0 Å². The molecule has 142 valence electrons. The van der Waals surface area contributed by atoms with E-state index in [0.717, 1.165) is 16.8 Å². The van der Waals surface area contributed by atoms with Crippen LogP contribution >= 0.6 is 0 Å². The van der Waals surface area contributed by atoms with Gasteiger partial charge in [0, 0.05) is 23.5 Å². The van der Waals surface area contributed by atoms with E-state index in [4.69, 9.17) is 4.74 Å². The Morgan fingerprint density at radius 1 is 1.25 bits per heavy atom. The summed E-state index contributed by atoms with van der Waals surface area (Å²) in [5.41, 5.74) is 1.04. The van der Waals surface area contributed by atoms with Crippen molar-refractivity contribution in [2.75, 3.05) is 17.2 Å². The normalized spacial score (nSPS) is 12.8. The molecular weight excluding hydrogens is 370 g/mol. The van der Waals surface area contributed by atoms with E-state index in [9.17, 15) is 18.4 Å². The van der Waals surface area contributed by atoms with Crippen LogP contribution in [0.2, 0.25) is 0 Å². The first-order valence-corrected chi connectivity index (χ1v) is 8.31. The summed E-state index contributed by atoms with van der Waals surface area (Å²) >= 11 is 0. The molecule has 0 saturated heterocycles. The van der Waals surface area contributed by atoms with Gasteiger partial charge in [0.25, 0.3) is 11.8 Å². The van der Waals surface area contributed by atoms with E-state index in [1.165, 1.54) is 12.3 Å². The SMILES string of the molecule is Cc1cn(-c2c(F)cccc2F)nc1C(=O)Nc1ccc2c(c1)OCC(=O)N2. The molecular formula is C19H14F2N4O3. The summed E-state index contributed by atoms with van der Waals surface area (Å²) < 4.78 is 34.2. The van der Waals surface area contributed by atoms with Crippen molar-refractivity contribution < 1.29 is 23.1 Å². The Kier molecular flexibility index (Phi) is 4.26. The Bertz CT molecular complexity index is 1090. The largest absolute Gasteiger partial charge is 0.482 e. The van der Waals surface area contributed by atoms with Crippen LogP contribution < -0.4 is 15.4 Å². The van der Waals surface area contributed by atoms with Crippen molar-refractivity contribution >= 4 is 23.2 Å². The number of aromatic nitrogens is 2. The summed E-state index contributed by atoms with van der Waals surface area (Å²) in [6.07, 6.45) is 1.38. The van der Waals surface area contributed by atoms with Gasteiger partial charge in [0.15, 0.2) is 23.9 Å². The van der Waals surface area contributed by atoms with Gasteiger partial charge in [-0.25, -0.2) is 13.5 Å². The second-order valence-electron chi connectivity index (χ2n) is 6.18. The van der Waals surface area contributed by atoms with Crippen molar-refractivity contribution in [1.29, 1.82) is 0 Å². The number of nitrogens with one attached hydrogen (secondary N) is 2. The number of para-hydroxylation sites is 1. The van der Waals surface area contributed by atoms with Gasteiger partial charge in [0.1, 0.15) is 11.4 Å². The molecule has 2 N–H and O–H groups in total. The van der Waals surface area contributed by atoms with E-state index in [2.05, 4.69) is 15.7 Å². The lowest BCUT2D eigenvalue weighted by atomic mass is 10.2. The first-order valence-electron chi connectivity index (χ1n) is 8.31. The lowest BCUT2D eigenvalue weighted by Gasteiger charge is -2.18. The fraction of sp³-hybridized carbons (Fsp3) is 0.105. The molecule has 3 aromatic rings. The van der Waals surface area contributed by atoms with Crippen LogP contribution in [0.15, 0.2) is 42.6 Å². The van der Waals surface area contributed by atoms with Gasteiger partial charge in [-0.15, -0.1) is 0 Å². The molecule has 1 aliphatic heterocycles. The third-order valence-corrected chi connectivity index (χ3v) is 4.15. The predicted molar refractivity (Wildman–Crippen MR) is 96.7 cm³/mol. The van der Waals surface area contributed by atoms with Gasteiger partial charge >= 0.3 is 0 Å². The van der Waals surface area contributed by atoms with Gasteiger partial charge < -0.3 is 15.4 Å². The molecule has 0 unspecified atom stereocenters. The van der Waals surface area contributed by atoms with Crippen LogP contribution in [0.25, 0.3) is 5.69 Å². The minimum Gasteiger partial charge on any atom is -0.482 e. The van der Waals surface area contributed by atoms with Gasteiger partial charge in [-0.1, -0.05) is 6.07 Å². The smallest absolute Gasteiger partial charge is 0.276 e. The second-order valence-corrected chi connectivity index (χ2v) is 6.18. The molecule has 0 spiro atoms. The number of hydrogen-bond acceptors (Lipinski definition) is 4. The van der Waals surface area contributed by atoms with E-state index in [-0.39, 0.29) is 23.9 Å². The number of amides is 2. The summed E-state index contributed by atoms with van der Waals surface area (Å²) in [6, 6.07) is 8.23. The Morgan fingerprint density at radius 2 is 2.00 bits per heavy atom. The molecule has 0 saturated carbocycles. The summed E-state index contributed by atoms with van der Waals surface area (Å²) in [4.78, 5) is 23.9. The van der Waals surface area contributed by atoms with Crippen molar-refractivity contribution in [2.24, 2.45) is 0 Å². The number of rotatable bonds is 3. The van der Waals surface area contributed by atoms with Crippen LogP contribution in [0, 0.1) is 18.6 Å². The highest BCUT2D eigenvalue weighted by Gasteiger charge is 2.20. The van der Waals surface area contributed by atoms with Gasteiger partial charge in [0.05, 0.1) is 5.69 Å². The number of carbonyl (C=O) groups is 2. The third kappa shape index (κ3) is 3.18. The highest BCUT2D eigenvalue weighted by molar-refractivity contribution is 6.04. The van der Waals surface area contributed by atoms with Crippen LogP contribution in [0.4, 0.5) is 20.2 Å². The number of carbonyl (C=O) groups excluding carboxylic acids is 2. The third-order valence-electron chi connectivity index (χ3n) is 4.15. The number of halogens is 2. The van der Waals surface area contributed by atoms with Gasteiger partial charge in [-0.2, -0.15) is 5.10 Å². The van der Waals surface area contributed by atoms with E-state index in [0.29, 0.717) is 22.7 Å². The molecule has 0 bridgehead atoms. The van der Waals surface area contributed by atoms with Crippen molar-refractivity contribution in [2.45, 2.75) is 6.92 Å². The zero-order valence-electron chi connectivity index (χ0n) is 14.6. The fourth-order valence-electron chi connectivity index (χ4n) is 2.85. The minimum absolute atomic E-state index is 0.0228. The molecule has 2 amide bonds. The Hall–Kier alpha value is -3.75. The number of aryl methyl sites for hydroxylation is 1. The molecule has 28 heavy (non-hydrogen) atoms. The minimum atomic E-state index is -0.789. The molecule has 0 radical (unpaired) electrons. The standard InChI is InChI=1S/C19H14F2N4O3/c1-10-8-25(18-12(20)3-2-4-13(18)21)24-17(10)19(27)22-11-5-6-14-15(7-11)28-9-16(26)23-14/h2-8H,9H2,1H3,(H,22,27)(H,23,26). The molecule has 0 atom stereocenters. The summed E-state index contributed by atoms with van der Waals surface area (Å²) in [5.74, 6) is -1.96. The molecule has 1 aliphatic rings. The van der Waals surface area contributed by atoms with Gasteiger partial charge in [0.2, 0.25) is 0 Å². The lowest BCUT2D eigenvalue weighted by Crippen LogP contribution is -2.25. The summed E-state index contributed by atoms with van der Waals surface area (Å²) in [5, 5.41) is 9.34. The predicted octanol–water partition coefficient (Wildman–Crippen LogP) is 3.04. The quantitative estimate of drug-likeness (QED) is 0.727. The lowest BCUT2D eigenvalue weighted by molar-refractivity contribution is -0.118. The van der Waals surface area contributed by atoms with Crippen LogP contribution in [-0.4, -0.2) is 28.2 Å². The second kappa shape index (κ2) is 6.76. The highest BCUT2D eigenvalue weighted by Crippen LogP contribution is 2.30. The first kappa shape index (κ1) is 17.7. The van der Waals surface area contributed by atoms with E-state index in [1.807, 2.05) is 0 Å². The molecule has 2 aromatic carbocycles.